The third-order valence-corrected chi connectivity index (χ3v) is 6.29. The zero-order chi connectivity index (χ0) is 26.4. The number of pyridine rings is 1. The number of hydrogen-bond donors (Lipinski definition) is 3. The van der Waals surface area contributed by atoms with Crippen LogP contribution < -0.4 is 15.5 Å². The number of aromatic amines is 1. The predicted molar refractivity (Wildman–Crippen MR) is 142 cm³/mol. The fourth-order valence-electron chi connectivity index (χ4n) is 4.08. The second kappa shape index (κ2) is 11.3. The lowest BCUT2D eigenvalue weighted by Gasteiger charge is -2.34. The number of alkyl halides is 3. The maximum atomic E-state index is 12.0. The van der Waals surface area contributed by atoms with Crippen molar-refractivity contribution < 1.29 is 18.0 Å². The van der Waals surface area contributed by atoms with Crippen LogP contribution in [0.25, 0.3) is 22.3 Å². The fourth-order valence-corrected chi connectivity index (χ4v) is 4.08. The first kappa shape index (κ1) is 26.0. The van der Waals surface area contributed by atoms with Crippen LogP contribution in [0.1, 0.15) is 5.56 Å². The molecule has 1 saturated heterocycles. The summed E-state index contributed by atoms with van der Waals surface area (Å²) in [6.07, 6.45) is -1.81. The van der Waals surface area contributed by atoms with E-state index < -0.39 is 11.7 Å². The van der Waals surface area contributed by atoms with Crippen molar-refractivity contribution in [2.75, 3.05) is 55.8 Å². The molecular formula is C27H29F3N6O. The first-order chi connectivity index (χ1) is 17.8. The minimum Gasteiger partial charge on any atom is -0.388 e. The Morgan fingerprint density at radius 2 is 1.62 bits per heavy atom. The zero-order valence-corrected chi connectivity index (χ0v) is 20.6. The van der Waals surface area contributed by atoms with E-state index in [9.17, 15) is 18.0 Å². The van der Waals surface area contributed by atoms with E-state index in [1.54, 1.807) is 13.2 Å². The van der Waals surface area contributed by atoms with E-state index in [1.807, 2.05) is 12.1 Å². The van der Waals surface area contributed by atoms with E-state index in [2.05, 4.69) is 61.7 Å². The number of nitrogens with zero attached hydrogens (tertiary/aromatic N) is 3. The summed E-state index contributed by atoms with van der Waals surface area (Å²) < 4.78 is 36.0. The molecule has 0 radical (unpaired) electrons. The highest BCUT2D eigenvalue weighted by Crippen LogP contribution is 2.30. The molecule has 0 unspecified atom stereocenters. The minimum atomic E-state index is -4.24. The van der Waals surface area contributed by atoms with Gasteiger partial charge in [0.05, 0.1) is 16.9 Å². The molecule has 1 aliphatic heterocycles. The van der Waals surface area contributed by atoms with Crippen molar-refractivity contribution in [2.24, 2.45) is 0 Å². The number of H-pyrrole nitrogens is 1. The number of hydrogen-bond acceptors (Lipinski definition) is 5. The molecule has 7 nitrogen and oxygen atoms in total. The summed E-state index contributed by atoms with van der Waals surface area (Å²) in [4.78, 5) is 23.2. The lowest BCUT2D eigenvalue weighted by atomic mass is 10.1. The summed E-state index contributed by atoms with van der Waals surface area (Å²) in [5, 5.41) is 6.32. The van der Waals surface area contributed by atoms with Crippen LogP contribution in [0.4, 0.5) is 30.2 Å². The average molecular weight is 511 g/mol. The number of rotatable bonds is 5. The lowest BCUT2D eigenvalue weighted by molar-refractivity contribution is -0.137. The molecule has 3 N–H and O–H groups in total. The third kappa shape index (κ3) is 6.39. The molecule has 4 aromatic rings. The van der Waals surface area contributed by atoms with Crippen LogP contribution >= 0.6 is 0 Å². The Morgan fingerprint density at radius 1 is 0.946 bits per heavy atom. The molecule has 0 atom stereocenters. The predicted octanol–water partition coefficient (Wildman–Crippen LogP) is 5.30. The number of halogens is 3. The van der Waals surface area contributed by atoms with Crippen LogP contribution in [0, 0.1) is 0 Å². The number of piperazine rings is 1. The highest BCUT2D eigenvalue weighted by Gasteiger charge is 2.29. The third-order valence-electron chi connectivity index (χ3n) is 6.29. The van der Waals surface area contributed by atoms with Gasteiger partial charge in [-0.05, 0) is 55.6 Å². The van der Waals surface area contributed by atoms with Crippen LogP contribution in [0.3, 0.4) is 0 Å². The van der Waals surface area contributed by atoms with Gasteiger partial charge in [0.2, 0.25) is 6.41 Å². The van der Waals surface area contributed by atoms with Gasteiger partial charge in [0.25, 0.3) is 0 Å². The second-order valence-electron chi connectivity index (χ2n) is 8.72. The molecule has 10 heteroatoms. The van der Waals surface area contributed by atoms with Gasteiger partial charge in [-0.3, -0.25) is 4.79 Å². The fraction of sp³-hybridized carbons (Fsp3) is 0.259. The first-order valence-corrected chi connectivity index (χ1v) is 11.9. The van der Waals surface area contributed by atoms with Gasteiger partial charge in [-0.1, -0.05) is 12.1 Å². The number of nitrogens with one attached hydrogen (secondary N) is 3. The van der Waals surface area contributed by atoms with Crippen molar-refractivity contribution >= 4 is 34.5 Å². The van der Waals surface area contributed by atoms with E-state index in [0.29, 0.717) is 12.1 Å². The number of carbonyl (C=O) groups excluding carboxylic acids is 1. The largest absolute Gasteiger partial charge is 0.416 e. The van der Waals surface area contributed by atoms with Crippen LogP contribution in [0.2, 0.25) is 0 Å². The molecule has 3 heterocycles. The van der Waals surface area contributed by atoms with Crippen LogP contribution in [-0.2, 0) is 11.0 Å². The quantitative estimate of drug-likeness (QED) is 0.318. The summed E-state index contributed by atoms with van der Waals surface area (Å²) >= 11 is 0. The number of likely N-dealkylation sites (N-methyl/N-ethyl adjacent to an activating group) is 1. The topological polar surface area (TPSA) is 76.3 Å². The van der Waals surface area contributed by atoms with Crippen molar-refractivity contribution in [2.45, 2.75) is 6.18 Å². The first-order valence-electron chi connectivity index (χ1n) is 11.9. The minimum absolute atomic E-state index is 0.624. The summed E-state index contributed by atoms with van der Waals surface area (Å²) in [6.45, 7) is 4.33. The molecule has 194 valence electrons. The smallest absolute Gasteiger partial charge is 0.388 e. The Morgan fingerprint density at radius 3 is 2.22 bits per heavy atom. The number of carbonyl (C=O) groups is 1. The van der Waals surface area contributed by atoms with Gasteiger partial charge in [-0.15, -0.1) is 0 Å². The monoisotopic (exact) mass is 510 g/mol. The summed E-state index contributed by atoms with van der Waals surface area (Å²) in [5.41, 5.74) is 4.82. The molecule has 0 aliphatic carbocycles. The second-order valence-corrected chi connectivity index (χ2v) is 8.72. The SMILES string of the molecule is CN1CCN(c2ccc(-c3ccc4c(NC=O)c[nH]c4n3)cc2)CC1.CNc1ccc(C(F)(F)F)cc1. The highest BCUT2D eigenvalue weighted by molar-refractivity contribution is 5.95. The van der Waals surface area contributed by atoms with E-state index in [0.717, 1.165) is 66.3 Å². The average Bonchev–Trinajstić information content (AvgIpc) is 3.31. The van der Waals surface area contributed by atoms with Gasteiger partial charge in [0, 0.05) is 61.7 Å². The Hall–Kier alpha value is -4.05. The van der Waals surface area contributed by atoms with Gasteiger partial charge < -0.3 is 25.4 Å². The molecule has 37 heavy (non-hydrogen) atoms. The van der Waals surface area contributed by atoms with Crippen molar-refractivity contribution in [1.29, 1.82) is 0 Å². The van der Waals surface area contributed by atoms with Crippen molar-refractivity contribution in [3.05, 3.63) is 72.4 Å². The van der Waals surface area contributed by atoms with Gasteiger partial charge in [0.15, 0.2) is 0 Å². The van der Waals surface area contributed by atoms with E-state index in [4.69, 9.17) is 0 Å². The Balaban J connectivity index is 0.000000225. The van der Waals surface area contributed by atoms with Gasteiger partial charge in [-0.2, -0.15) is 13.2 Å². The molecule has 0 bridgehead atoms. The number of amides is 1. The van der Waals surface area contributed by atoms with Crippen molar-refractivity contribution in [1.82, 2.24) is 14.9 Å². The van der Waals surface area contributed by atoms with Crippen LogP contribution in [0.15, 0.2) is 66.9 Å². The number of anilines is 3. The molecule has 5 rings (SSSR count). The lowest BCUT2D eigenvalue weighted by Crippen LogP contribution is -2.44. The summed E-state index contributed by atoms with van der Waals surface area (Å²) in [7, 11) is 3.82. The Labute approximate surface area is 213 Å². The van der Waals surface area contributed by atoms with Crippen molar-refractivity contribution in [3.63, 3.8) is 0 Å². The van der Waals surface area contributed by atoms with Gasteiger partial charge >= 0.3 is 6.18 Å². The molecular weight excluding hydrogens is 481 g/mol. The molecule has 1 fully saturated rings. The Bertz CT molecular complexity index is 1310. The normalized spacial score (nSPS) is 14.1. The van der Waals surface area contributed by atoms with Crippen molar-refractivity contribution in [3.8, 4) is 11.3 Å². The number of aromatic nitrogens is 2. The van der Waals surface area contributed by atoms with E-state index in [1.165, 1.54) is 17.8 Å². The number of fused-ring (bicyclic) bond motifs is 1. The van der Waals surface area contributed by atoms with E-state index >= 15 is 0 Å². The van der Waals surface area contributed by atoms with Gasteiger partial charge in [-0.25, -0.2) is 4.98 Å². The number of benzene rings is 2. The van der Waals surface area contributed by atoms with Gasteiger partial charge in [0.1, 0.15) is 5.65 Å². The zero-order valence-electron chi connectivity index (χ0n) is 20.6. The maximum absolute atomic E-state index is 12.0. The van der Waals surface area contributed by atoms with Crippen LogP contribution in [0.5, 0.6) is 0 Å². The standard InChI is InChI=1S/C19H21N5O.C8H8F3N/c1-23-8-10-24(11-9-23)15-4-2-14(3-5-15)17-7-6-16-18(21-13-25)12-20-19(16)22-17;1-12-7-4-2-6(3-5-7)8(9,10)11/h2-7,12-13H,8-11H2,1H3,(H,20,22)(H,21,25);2-5,12H,1H3. The molecule has 1 amide bonds. The molecule has 2 aromatic heterocycles. The summed E-state index contributed by atoms with van der Waals surface area (Å²) in [6, 6.07) is 17.4. The molecule has 2 aromatic carbocycles. The van der Waals surface area contributed by atoms with Crippen LogP contribution in [-0.4, -0.2) is 61.6 Å². The summed E-state index contributed by atoms with van der Waals surface area (Å²) in [5.74, 6) is 0. The highest BCUT2D eigenvalue weighted by atomic mass is 19.4. The molecule has 0 spiro atoms. The molecule has 0 saturated carbocycles. The van der Waals surface area contributed by atoms with E-state index in [-0.39, 0.29) is 0 Å². The molecule has 1 aliphatic rings. The maximum Gasteiger partial charge on any atom is 0.416 e. The Kier molecular flexibility index (Phi) is 7.98.